The Balaban J connectivity index is 2.46. The van der Waals surface area contributed by atoms with Gasteiger partial charge in [-0.2, -0.15) is 0 Å². The minimum atomic E-state index is -3.91. The molecular formula is C15H22N2O3S. The number of hydrogen-bond donors (Lipinski definition) is 1. The summed E-state index contributed by atoms with van der Waals surface area (Å²) in [6.45, 7) is 6.60. The predicted molar refractivity (Wildman–Crippen MR) is 81.4 cm³/mol. The van der Waals surface area contributed by atoms with Crippen LogP contribution < -0.4 is 5.14 Å². The van der Waals surface area contributed by atoms with Crippen LogP contribution in [0.25, 0.3) is 0 Å². The maximum absolute atomic E-state index is 12.8. The lowest BCUT2D eigenvalue weighted by Gasteiger charge is -2.38. The standard InChI is InChI=1S/C15H22N2O3S/c1-10-6-7-14(21(16,19)20)13(9-10)15(18)17-8-4-5-11(2)12(17)3/h6-7,9,11-12H,4-5,8H2,1-3H3,(H2,16,19,20). The minimum Gasteiger partial charge on any atom is -0.336 e. The zero-order valence-corrected chi connectivity index (χ0v) is 13.5. The summed E-state index contributed by atoms with van der Waals surface area (Å²) >= 11 is 0. The molecule has 2 N–H and O–H groups in total. The number of hydrogen-bond acceptors (Lipinski definition) is 3. The highest BCUT2D eigenvalue weighted by atomic mass is 32.2. The molecule has 21 heavy (non-hydrogen) atoms. The van der Waals surface area contributed by atoms with Crippen molar-refractivity contribution < 1.29 is 13.2 Å². The van der Waals surface area contributed by atoms with E-state index in [1.807, 2.05) is 13.8 Å². The summed E-state index contributed by atoms with van der Waals surface area (Å²) in [5, 5.41) is 5.24. The van der Waals surface area contributed by atoms with E-state index in [1.165, 1.54) is 6.07 Å². The number of primary sulfonamides is 1. The quantitative estimate of drug-likeness (QED) is 0.906. The van der Waals surface area contributed by atoms with Crippen molar-refractivity contribution in [2.45, 2.75) is 44.6 Å². The first kappa shape index (κ1) is 16.0. The summed E-state index contributed by atoms with van der Waals surface area (Å²) in [6, 6.07) is 4.77. The average Bonchev–Trinajstić information content (AvgIpc) is 2.39. The molecule has 116 valence electrons. The maximum atomic E-state index is 12.8. The third kappa shape index (κ3) is 3.27. The molecule has 1 amide bonds. The van der Waals surface area contributed by atoms with E-state index < -0.39 is 10.0 Å². The van der Waals surface area contributed by atoms with E-state index in [9.17, 15) is 13.2 Å². The fourth-order valence-corrected chi connectivity index (χ4v) is 3.55. The van der Waals surface area contributed by atoms with Crippen molar-refractivity contribution in [3.8, 4) is 0 Å². The number of aryl methyl sites for hydroxylation is 1. The molecule has 2 rings (SSSR count). The van der Waals surface area contributed by atoms with Crippen LogP contribution in [0.15, 0.2) is 23.1 Å². The Morgan fingerprint density at radius 2 is 2.00 bits per heavy atom. The maximum Gasteiger partial charge on any atom is 0.255 e. The third-order valence-corrected chi connectivity index (χ3v) is 5.28. The number of piperidine rings is 1. The first-order valence-electron chi connectivity index (χ1n) is 7.16. The molecular weight excluding hydrogens is 288 g/mol. The van der Waals surface area contributed by atoms with Crippen molar-refractivity contribution in [2.75, 3.05) is 6.54 Å². The van der Waals surface area contributed by atoms with Crippen molar-refractivity contribution in [3.05, 3.63) is 29.3 Å². The van der Waals surface area contributed by atoms with Gasteiger partial charge in [0.05, 0.1) is 10.5 Å². The van der Waals surface area contributed by atoms with Crippen molar-refractivity contribution >= 4 is 15.9 Å². The van der Waals surface area contributed by atoms with E-state index >= 15 is 0 Å². The lowest BCUT2D eigenvalue weighted by atomic mass is 9.91. The lowest BCUT2D eigenvalue weighted by molar-refractivity contribution is 0.0547. The molecule has 0 bridgehead atoms. The molecule has 0 aliphatic carbocycles. The molecule has 1 aromatic carbocycles. The number of rotatable bonds is 2. The number of carbonyl (C=O) groups excluding carboxylic acids is 1. The Morgan fingerprint density at radius 3 is 2.62 bits per heavy atom. The molecule has 0 spiro atoms. The summed E-state index contributed by atoms with van der Waals surface area (Å²) in [5.41, 5.74) is 1.02. The van der Waals surface area contributed by atoms with Gasteiger partial charge in [0, 0.05) is 12.6 Å². The van der Waals surface area contributed by atoms with Crippen LogP contribution in [-0.2, 0) is 10.0 Å². The number of benzene rings is 1. The van der Waals surface area contributed by atoms with Gasteiger partial charge < -0.3 is 4.90 Å². The fraction of sp³-hybridized carbons (Fsp3) is 0.533. The van der Waals surface area contributed by atoms with Crippen LogP contribution in [0.2, 0.25) is 0 Å². The molecule has 1 aliphatic heterocycles. The second-order valence-electron chi connectivity index (χ2n) is 5.90. The van der Waals surface area contributed by atoms with Gasteiger partial charge in [-0.1, -0.05) is 18.6 Å². The first-order chi connectivity index (χ1) is 9.71. The SMILES string of the molecule is Cc1ccc(S(N)(=O)=O)c(C(=O)N2CCCC(C)C2C)c1. The van der Waals surface area contributed by atoms with Gasteiger partial charge in [0.2, 0.25) is 10.0 Å². The highest BCUT2D eigenvalue weighted by molar-refractivity contribution is 7.89. The monoisotopic (exact) mass is 310 g/mol. The highest BCUT2D eigenvalue weighted by Gasteiger charge is 2.31. The highest BCUT2D eigenvalue weighted by Crippen LogP contribution is 2.26. The van der Waals surface area contributed by atoms with E-state index in [-0.39, 0.29) is 22.4 Å². The summed E-state index contributed by atoms with van der Waals surface area (Å²) in [7, 11) is -3.91. The zero-order chi connectivity index (χ0) is 15.8. The number of amides is 1. The Labute approximate surface area is 126 Å². The van der Waals surface area contributed by atoms with Crippen molar-refractivity contribution in [1.82, 2.24) is 4.90 Å². The van der Waals surface area contributed by atoms with E-state index in [4.69, 9.17) is 5.14 Å². The van der Waals surface area contributed by atoms with Gasteiger partial charge in [-0.15, -0.1) is 0 Å². The number of nitrogens with zero attached hydrogens (tertiary/aromatic N) is 1. The molecule has 1 fully saturated rings. The van der Waals surface area contributed by atoms with Gasteiger partial charge >= 0.3 is 0 Å². The molecule has 1 saturated heterocycles. The van der Waals surface area contributed by atoms with E-state index in [2.05, 4.69) is 6.92 Å². The normalized spacial score (nSPS) is 23.1. The number of sulfonamides is 1. The molecule has 2 unspecified atom stereocenters. The summed E-state index contributed by atoms with van der Waals surface area (Å²) in [5.74, 6) is 0.159. The topological polar surface area (TPSA) is 80.5 Å². The van der Waals surface area contributed by atoms with Crippen LogP contribution in [0, 0.1) is 12.8 Å². The second kappa shape index (κ2) is 5.77. The van der Waals surface area contributed by atoms with Crippen LogP contribution in [0.5, 0.6) is 0 Å². The molecule has 5 nitrogen and oxygen atoms in total. The Bertz CT molecular complexity index is 655. The van der Waals surface area contributed by atoms with E-state index in [0.29, 0.717) is 12.5 Å². The molecule has 0 aromatic heterocycles. The van der Waals surface area contributed by atoms with Crippen LogP contribution >= 0.6 is 0 Å². The molecule has 0 saturated carbocycles. The van der Waals surface area contributed by atoms with Crippen molar-refractivity contribution in [3.63, 3.8) is 0 Å². The molecule has 1 aromatic rings. The molecule has 2 atom stereocenters. The molecule has 1 heterocycles. The predicted octanol–water partition coefficient (Wildman–Crippen LogP) is 1.90. The minimum absolute atomic E-state index is 0.0940. The van der Waals surface area contributed by atoms with E-state index in [0.717, 1.165) is 18.4 Å². The number of carbonyl (C=O) groups is 1. The summed E-state index contributed by atoms with van der Waals surface area (Å²) in [6.07, 6.45) is 2.02. The van der Waals surface area contributed by atoms with Crippen molar-refractivity contribution in [1.29, 1.82) is 0 Å². The van der Waals surface area contributed by atoms with Gasteiger partial charge in [-0.25, -0.2) is 13.6 Å². The smallest absolute Gasteiger partial charge is 0.255 e. The largest absolute Gasteiger partial charge is 0.336 e. The van der Waals surface area contributed by atoms with Crippen molar-refractivity contribution in [2.24, 2.45) is 11.1 Å². The summed E-state index contributed by atoms with van der Waals surface area (Å²) < 4.78 is 23.4. The van der Waals surface area contributed by atoms with Gasteiger partial charge in [0.15, 0.2) is 0 Å². The number of likely N-dealkylation sites (tertiary alicyclic amines) is 1. The lowest BCUT2D eigenvalue weighted by Crippen LogP contribution is -2.46. The second-order valence-corrected chi connectivity index (χ2v) is 7.43. The first-order valence-corrected chi connectivity index (χ1v) is 8.71. The van der Waals surface area contributed by atoms with Crippen LogP contribution in [0.3, 0.4) is 0 Å². The van der Waals surface area contributed by atoms with Gasteiger partial charge in [-0.3, -0.25) is 4.79 Å². The van der Waals surface area contributed by atoms with Crippen LogP contribution in [-0.4, -0.2) is 31.8 Å². The molecule has 0 radical (unpaired) electrons. The van der Waals surface area contributed by atoms with Gasteiger partial charge in [-0.05, 0) is 44.7 Å². The Morgan fingerprint density at radius 1 is 1.33 bits per heavy atom. The third-order valence-electron chi connectivity index (χ3n) is 4.31. The van der Waals surface area contributed by atoms with Gasteiger partial charge in [0.25, 0.3) is 5.91 Å². The number of nitrogens with two attached hydrogens (primary N) is 1. The Kier molecular flexibility index (Phi) is 4.39. The van der Waals surface area contributed by atoms with Gasteiger partial charge in [0.1, 0.15) is 0 Å². The fourth-order valence-electron chi connectivity index (χ4n) is 2.84. The summed E-state index contributed by atoms with van der Waals surface area (Å²) in [4.78, 5) is 14.4. The Hall–Kier alpha value is -1.40. The van der Waals surface area contributed by atoms with Crippen LogP contribution in [0.1, 0.15) is 42.6 Å². The van der Waals surface area contributed by atoms with Crippen LogP contribution in [0.4, 0.5) is 0 Å². The average molecular weight is 310 g/mol. The zero-order valence-electron chi connectivity index (χ0n) is 12.7. The molecule has 1 aliphatic rings. The molecule has 6 heteroatoms. The van der Waals surface area contributed by atoms with E-state index in [1.54, 1.807) is 17.0 Å².